The Morgan fingerprint density at radius 2 is 2.05 bits per heavy atom. The van der Waals surface area contributed by atoms with Crippen molar-refractivity contribution in [1.82, 2.24) is 15.0 Å². The highest BCUT2D eigenvalue weighted by atomic mass is 79.9. The Bertz CT molecular complexity index is 656. The largest absolute Gasteiger partial charge is 0.494 e. The summed E-state index contributed by atoms with van der Waals surface area (Å²) in [4.78, 5) is 14.1. The van der Waals surface area contributed by atoms with Gasteiger partial charge in [-0.25, -0.2) is 9.37 Å². The summed E-state index contributed by atoms with van der Waals surface area (Å²) >= 11 is 3.20. The van der Waals surface area contributed by atoms with Crippen molar-refractivity contribution in [3.05, 3.63) is 34.9 Å². The Kier molecular flexibility index (Phi) is 4.37. The van der Waals surface area contributed by atoms with Crippen LogP contribution in [0.5, 0.6) is 11.8 Å². The lowest BCUT2D eigenvalue weighted by Crippen LogP contribution is -2.26. The van der Waals surface area contributed by atoms with Gasteiger partial charge in [-0.3, -0.25) is 0 Å². The molecule has 6 nitrogen and oxygen atoms in total. The van der Waals surface area contributed by atoms with E-state index in [0.717, 1.165) is 6.42 Å². The van der Waals surface area contributed by atoms with Gasteiger partial charge in [-0.15, -0.1) is 0 Å². The van der Waals surface area contributed by atoms with E-state index in [4.69, 9.17) is 9.47 Å². The van der Waals surface area contributed by atoms with Crippen molar-refractivity contribution in [2.24, 2.45) is 0 Å². The van der Waals surface area contributed by atoms with Crippen LogP contribution in [0.3, 0.4) is 0 Å². The standard InChI is InChI=1S/C14H14BrFN4O2/c1-21-11-6-18-14(19-7-11)22-10-2-3-20(8-10)13-12(16)4-9(15)5-17-13/h4-7,10H,2-3,8H2,1H3. The minimum atomic E-state index is -0.351. The van der Waals surface area contributed by atoms with Gasteiger partial charge >= 0.3 is 6.01 Å². The number of aromatic nitrogens is 3. The smallest absolute Gasteiger partial charge is 0.316 e. The fourth-order valence-corrected chi connectivity index (χ4v) is 2.58. The minimum absolute atomic E-state index is 0.0989. The lowest BCUT2D eigenvalue weighted by atomic mass is 10.3. The van der Waals surface area contributed by atoms with Gasteiger partial charge in [-0.1, -0.05) is 0 Å². The Morgan fingerprint density at radius 3 is 2.73 bits per heavy atom. The third kappa shape index (κ3) is 3.27. The number of methoxy groups -OCH3 is 1. The predicted octanol–water partition coefficient (Wildman–Crippen LogP) is 2.44. The number of rotatable bonds is 4. The van der Waals surface area contributed by atoms with E-state index >= 15 is 0 Å². The molecule has 2 aromatic heterocycles. The molecule has 0 amide bonds. The van der Waals surface area contributed by atoms with E-state index in [9.17, 15) is 4.39 Å². The Labute approximate surface area is 135 Å². The molecule has 1 aliphatic rings. The van der Waals surface area contributed by atoms with E-state index in [1.807, 2.05) is 4.90 Å². The number of hydrogen-bond donors (Lipinski definition) is 0. The van der Waals surface area contributed by atoms with Crippen LogP contribution in [0.15, 0.2) is 29.1 Å². The SMILES string of the molecule is COc1cnc(OC2CCN(c3ncc(Br)cc3F)C2)nc1. The first-order chi connectivity index (χ1) is 10.7. The van der Waals surface area contributed by atoms with Crippen LogP contribution < -0.4 is 14.4 Å². The third-order valence-corrected chi connectivity index (χ3v) is 3.78. The minimum Gasteiger partial charge on any atom is -0.494 e. The zero-order chi connectivity index (χ0) is 15.5. The van der Waals surface area contributed by atoms with Crippen molar-refractivity contribution in [3.63, 3.8) is 0 Å². The maximum absolute atomic E-state index is 13.9. The molecule has 0 spiro atoms. The zero-order valence-electron chi connectivity index (χ0n) is 11.9. The van der Waals surface area contributed by atoms with Crippen molar-refractivity contribution in [3.8, 4) is 11.8 Å². The summed E-state index contributed by atoms with van der Waals surface area (Å²) in [7, 11) is 1.55. The zero-order valence-corrected chi connectivity index (χ0v) is 13.5. The summed E-state index contributed by atoms with van der Waals surface area (Å²) in [6.45, 7) is 1.22. The molecule has 1 fully saturated rings. The average molecular weight is 369 g/mol. The molecule has 0 N–H and O–H groups in total. The van der Waals surface area contributed by atoms with E-state index < -0.39 is 0 Å². The Morgan fingerprint density at radius 1 is 1.27 bits per heavy atom. The average Bonchev–Trinajstić information content (AvgIpc) is 2.96. The van der Waals surface area contributed by atoms with Gasteiger partial charge in [0.05, 0.1) is 26.0 Å². The Balaban J connectivity index is 1.64. The summed E-state index contributed by atoms with van der Waals surface area (Å²) in [5, 5.41) is 0. The first kappa shape index (κ1) is 15.0. The van der Waals surface area contributed by atoms with Crippen LogP contribution in [0.2, 0.25) is 0 Å². The van der Waals surface area contributed by atoms with E-state index in [1.54, 1.807) is 25.7 Å². The van der Waals surface area contributed by atoms with Crippen molar-refractivity contribution in [2.45, 2.75) is 12.5 Å². The summed E-state index contributed by atoms with van der Waals surface area (Å²) in [6, 6.07) is 1.69. The van der Waals surface area contributed by atoms with Gasteiger partial charge < -0.3 is 14.4 Å². The topological polar surface area (TPSA) is 60.4 Å². The van der Waals surface area contributed by atoms with Crippen molar-refractivity contribution >= 4 is 21.7 Å². The van der Waals surface area contributed by atoms with E-state index in [-0.39, 0.29) is 17.9 Å². The molecular formula is C14H14BrFN4O2. The molecule has 3 heterocycles. The van der Waals surface area contributed by atoms with Crippen LogP contribution >= 0.6 is 15.9 Å². The van der Waals surface area contributed by atoms with Crippen molar-refractivity contribution in [2.75, 3.05) is 25.1 Å². The van der Waals surface area contributed by atoms with Crippen LogP contribution in [0.25, 0.3) is 0 Å². The second-order valence-corrected chi connectivity index (χ2v) is 5.75. The number of anilines is 1. The molecule has 0 saturated carbocycles. The molecule has 116 valence electrons. The highest BCUT2D eigenvalue weighted by molar-refractivity contribution is 9.10. The number of nitrogens with zero attached hydrogens (tertiary/aromatic N) is 4. The van der Waals surface area contributed by atoms with Gasteiger partial charge in [0.1, 0.15) is 6.10 Å². The van der Waals surface area contributed by atoms with Crippen LogP contribution in [0, 0.1) is 5.82 Å². The first-order valence-corrected chi connectivity index (χ1v) is 7.53. The fraction of sp³-hybridized carbons (Fsp3) is 0.357. The Hall–Kier alpha value is -1.96. The number of pyridine rings is 1. The molecule has 0 aliphatic carbocycles. The van der Waals surface area contributed by atoms with Crippen LogP contribution in [0.4, 0.5) is 10.2 Å². The summed E-state index contributed by atoms with van der Waals surface area (Å²) in [5.74, 6) is 0.558. The highest BCUT2D eigenvalue weighted by Gasteiger charge is 2.27. The second-order valence-electron chi connectivity index (χ2n) is 4.84. The number of halogens is 2. The molecule has 0 radical (unpaired) electrons. The fourth-order valence-electron chi connectivity index (χ4n) is 2.28. The monoisotopic (exact) mass is 368 g/mol. The highest BCUT2D eigenvalue weighted by Crippen LogP contribution is 2.25. The molecule has 22 heavy (non-hydrogen) atoms. The van der Waals surface area contributed by atoms with E-state index in [2.05, 4.69) is 30.9 Å². The first-order valence-electron chi connectivity index (χ1n) is 6.74. The summed E-state index contributed by atoms with van der Waals surface area (Å²) in [6.07, 6.45) is 5.33. The van der Waals surface area contributed by atoms with Crippen molar-refractivity contribution in [1.29, 1.82) is 0 Å². The molecule has 1 atom stereocenters. The maximum atomic E-state index is 13.9. The van der Waals surface area contributed by atoms with Crippen LogP contribution in [-0.2, 0) is 0 Å². The predicted molar refractivity (Wildman–Crippen MR) is 81.7 cm³/mol. The van der Waals surface area contributed by atoms with Gasteiger partial charge in [0.25, 0.3) is 0 Å². The van der Waals surface area contributed by atoms with E-state index in [0.29, 0.717) is 29.1 Å². The quantitative estimate of drug-likeness (QED) is 0.825. The molecular weight excluding hydrogens is 355 g/mol. The third-order valence-electron chi connectivity index (χ3n) is 3.35. The van der Waals surface area contributed by atoms with Gasteiger partial charge in [0, 0.05) is 23.6 Å². The van der Waals surface area contributed by atoms with Gasteiger partial charge in [0.15, 0.2) is 17.4 Å². The number of hydrogen-bond acceptors (Lipinski definition) is 6. The lowest BCUT2D eigenvalue weighted by Gasteiger charge is -2.18. The molecule has 3 rings (SSSR count). The molecule has 1 unspecified atom stereocenters. The van der Waals surface area contributed by atoms with Gasteiger partial charge in [-0.2, -0.15) is 9.97 Å². The second kappa shape index (κ2) is 6.43. The molecule has 0 bridgehead atoms. The maximum Gasteiger partial charge on any atom is 0.316 e. The summed E-state index contributed by atoms with van der Waals surface area (Å²) in [5.41, 5.74) is 0. The molecule has 1 saturated heterocycles. The molecule has 2 aromatic rings. The molecule has 0 aromatic carbocycles. The van der Waals surface area contributed by atoms with Crippen LogP contribution in [-0.4, -0.2) is 41.3 Å². The molecule has 1 aliphatic heterocycles. The van der Waals surface area contributed by atoms with Crippen molar-refractivity contribution < 1.29 is 13.9 Å². The lowest BCUT2D eigenvalue weighted by molar-refractivity contribution is 0.205. The van der Waals surface area contributed by atoms with Gasteiger partial charge in [-0.05, 0) is 22.0 Å². The van der Waals surface area contributed by atoms with Crippen LogP contribution in [0.1, 0.15) is 6.42 Å². The molecule has 8 heteroatoms. The van der Waals surface area contributed by atoms with Gasteiger partial charge in [0.2, 0.25) is 0 Å². The summed E-state index contributed by atoms with van der Waals surface area (Å²) < 4.78 is 25.2. The number of ether oxygens (including phenoxy) is 2. The van der Waals surface area contributed by atoms with E-state index in [1.165, 1.54) is 6.07 Å². The normalized spacial score (nSPS) is 17.6.